The second-order valence-corrected chi connectivity index (χ2v) is 11.4. The Bertz CT molecular complexity index is 1120. The van der Waals surface area contributed by atoms with E-state index >= 15 is 0 Å². The number of amides is 1. The van der Waals surface area contributed by atoms with E-state index in [0.29, 0.717) is 28.6 Å². The van der Waals surface area contributed by atoms with Crippen molar-refractivity contribution in [3.63, 3.8) is 0 Å². The van der Waals surface area contributed by atoms with Gasteiger partial charge in [0, 0.05) is 38.6 Å². The number of para-hydroxylation sites is 1. The number of hydrogen-bond acceptors (Lipinski definition) is 6. The number of aliphatic hydroxyl groups excluding tert-OH is 1. The average molecular weight is 510 g/mol. The Morgan fingerprint density at radius 2 is 1.82 bits per heavy atom. The van der Waals surface area contributed by atoms with Crippen molar-refractivity contribution in [1.29, 1.82) is 0 Å². The minimum absolute atomic E-state index is 0.0723. The minimum Gasteiger partial charge on any atom is -0.486 e. The normalized spacial score (nSPS) is 19.8. The zero-order chi connectivity index (χ0) is 25.2. The Morgan fingerprint density at radius 3 is 2.41 bits per heavy atom. The maximum Gasteiger partial charge on any atom is 0.258 e. The summed E-state index contributed by atoms with van der Waals surface area (Å²) in [5, 5.41) is 10.2. The lowest BCUT2D eigenvalue weighted by atomic mass is 9.99. The van der Waals surface area contributed by atoms with Gasteiger partial charge in [-0.05, 0) is 43.3 Å². The smallest absolute Gasteiger partial charge is 0.258 e. The van der Waals surface area contributed by atoms with Crippen LogP contribution in [-0.4, -0.2) is 81.6 Å². The van der Waals surface area contributed by atoms with E-state index in [2.05, 4.69) is 0 Å². The molecule has 0 aromatic heterocycles. The van der Waals surface area contributed by atoms with Crippen LogP contribution >= 0.6 is 11.6 Å². The van der Waals surface area contributed by atoms with E-state index in [1.165, 1.54) is 35.6 Å². The molecule has 0 unspecified atom stereocenters. The lowest BCUT2D eigenvalue weighted by Gasteiger charge is -2.38. The molecule has 1 heterocycles. The van der Waals surface area contributed by atoms with E-state index in [4.69, 9.17) is 16.3 Å². The first-order chi connectivity index (χ1) is 16.0. The number of fused-ring (bicyclic) bond motifs is 1. The van der Waals surface area contributed by atoms with Crippen molar-refractivity contribution in [2.45, 2.75) is 30.9 Å². The molecular weight excluding hydrogens is 478 g/mol. The van der Waals surface area contributed by atoms with E-state index in [-0.39, 0.29) is 29.9 Å². The number of sulfonamides is 1. The quantitative estimate of drug-likeness (QED) is 0.617. The molecule has 8 nitrogen and oxygen atoms in total. The zero-order valence-electron chi connectivity index (χ0n) is 20.1. The van der Waals surface area contributed by atoms with Gasteiger partial charge in [-0.15, -0.1) is 0 Å². The maximum absolute atomic E-state index is 13.4. The monoisotopic (exact) mass is 509 g/mol. The molecule has 3 rings (SSSR count). The molecular formula is C24H32ClN3O5S. The summed E-state index contributed by atoms with van der Waals surface area (Å²) >= 11 is 5.92. The molecule has 2 aromatic carbocycles. The van der Waals surface area contributed by atoms with Crippen molar-refractivity contribution in [3.05, 3.63) is 53.1 Å². The first-order valence-corrected chi connectivity index (χ1v) is 12.9. The molecule has 0 saturated carbocycles. The van der Waals surface area contributed by atoms with Crippen LogP contribution in [0.2, 0.25) is 5.02 Å². The van der Waals surface area contributed by atoms with Crippen molar-refractivity contribution >= 4 is 33.2 Å². The van der Waals surface area contributed by atoms with Gasteiger partial charge < -0.3 is 19.6 Å². The largest absolute Gasteiger partial charge is 0.486 e. The number of nitrogens with zero attached hydrogens (tertiary/aromatic N) is 3. The summed E-state index contributed by atoms with van der Waals surface area (Å²) in [6.07, 6.45) is -0.548. The van der Waals surface area contributed by atoms with Crippen LogP contribution in [0.5, 0.6) is 5.75 Å². The summed E-state index contributed by atoms with van der Waals surface area (Å²) in [5.74, 6) is -0.0432. The second-order valence-electron chi connectivity index (χ2n) is 8.91. The zero-order valence-corrected chi connectivity index (χ0v) is 21.7. The Balaban J connectivity index is 2.01. The number of halogens is 1. The number of hydrogen-bond donors (Lipinski definition) is 1. The molecule has 186 valence electrons. The highest BCUT2D eigenvalue weighted by Crippen LogP contribution is 2.36. The van der Waals surface area contributed by atoms with Gasteiger partial charge >= 0.3 is 0 Å². The van der Waals surface area contributed by atoms with Crippen LogP contribution in [0.25, 0.3) is 0 Å². The molecule has 3 atom stereocenters. The highest BCUT2D eigenvalue weighted by Gasteiger charge is 2.36. The van der Waals surface area contributed by atoms with Gasteiger partial charge in [0.05, 0.1) is 35.3 Å². The number of ether oxygens (including phenoxy) is 1. The molecule has 0 spiro atoms. The van der Waals surface area contributed by atoms with Gasteiger partial charge in [0.2, 0.25) is 10.0 Å². The van der Waals surface area contributed by atoms with E-state index in [1.807, 2.05) is 32.0 Å². The van der Waals surface area contributed by atoms with E-state index < -0.39 is 22.2 Å². The third kappa shape index (κ3) is 5.33. The lowest BCUT2D eigenvalue weighted by Crippen LogP contribution is -2.50. The predicted octanol–water partition coefficient (Wildman–Crippen LogP) is 2.95. The van der Waals surface area contributed by atoms with Gasteiger partial charge in [-0.2, -0.15) is 4.31 Å². The van der Waals surface area contributed by atoms with Gasteiger partial charge in [0.15, 0.2) is 5.75 Å². The number of likely N-dealkylation sites (N-methyl/N-ethyl adjacent to an activating group) is 1. The first-order valence-electron chi connectivity index (χ1n) is 11.1. The van der Waals surface area contributed by atoms with Crippen molar-refractivity contribution < 1.29 is 23.1 Å². The summed E-state index contributed by atoms with van der Waals surface area (Å²) in [5.41, 5.74) is 1.09. The molecule has 1 N–H and O–H groups in total. The Kier molecular flexibility index (Phi) is 8.13. The molecule has 0 aliphatic carbocycles. The van der Waals surface area contributed by atoms with Crippen LogP contribution < -0.4 is 9.64 Å². The third-order valence-electron chi connectivity index (χ3n) is 6.11. The molecule has 1 aliphatic rings. The van der Waals surface area contributed by atoms with Gasteiger partial charge in [-0.3, -0.25) is 4.79 Å². The van der Waals surface area contributed by atoms with Crippen molar-refractivity contribution in [3.8, 4) is 5.75 Å². The van der Waals surface area contributed by atoms with E-state index in [1.54, 1.807) is 24.0 Å². The van der Waals surface area contributed by atoms with Crippen molar-refractivity contribution in [2.75, 3.05) is 45.7 Å². The molecule has 0 fully saturated rings. The van der Waals surface area contributed by atoms with Crippen LogP contribution in [-0.2, 0) is 10.0 Å². The van der Waals surface area contributed by atoms with Gasteiger partial charge in [0.1, 0.15) is 6.10 Å². The SMILES string of the molecule is C[C@@H]1CN([C@H](C)CO)C(=O)c2cccc(N(C)C)c2O[C@H]1CN(C)S(=O)(=O)c1ccc(Cl)cc1. The minimum atomic E-state index is -3.78. The number of carbonyl (C=O) groups excluding carboxylic acids is 1. The third-order valence-corrected chi connectivity index (χ3v) is 8.20. The standard InChI is InChI=1S/C24H32ClN3O5S/c1-16-13-28(17(2)15-29)24(30)20-7-6-8-21(26(3)4)23(20)33-22(16)14-27(5)34(31,32)19-11-9-18(25)10-12-19/h6-12,16-17,22,29H,13-15H2,1-5H3/t16-,17-,22+/m1/s1. The average Bonchev–Trinajstić information content (AvgIpc) is 2.80. The summed E-state index contributed by atoms with van der Waals surface area (Å²) < 4.78 is 34.1. The number of rotatable bonds is 7. The summed E-state index contributed by atoms with van der Waals surface area (Å²) in [4.78, 5) is 17.0. The summed E-state index contributed by atoms with van der Waals surface area (Å²) in [6, 6.07) is 11.0. The molecule has 0 saturated heterocycles. The Morgan fingerprint density at radius 1 is 1.18 bits per heavy atom. The molecule has 0 radical (unpaired) electrons. The van der Waals surface area contributed by atoms with Gasteiger partial charge in [0.25, 0.3) is 5.91 Å². The number of aliphatic hydroxyl groups is 1. The van der Waals surface area contributed by atoms with Crippen LogP contribution in [0.15, 0.2) is 47.4 Å². The molecule has 1 amide bonds. The molecule has 2 aromatic rings. The second kappa shape index (κ2) is 10.5. The molecule has 34 heavy (non-hydrogen) atoms. The fourth-order valence-corrected chi connectivity index (χ4v) is 5.25. The molecule has 0 bridgehead atoms. The fourth-order valence-electron chi connectivity index (χ4n) is 3.94. The highest BCUT2D eigenvalue weighted by atomic mass is 35.5. The fraction of sp³-hybridized carbons (Fsp3) is 0.458. The number of anilines is 1. The number of carbonyl (C=O) groups is 1. The van der Waals surface area contributed by atoms with Crippen LogP contribution in [0.1, 0.15) is 24.2 Å². The maximum atomic E-state index is 13.4. The van der Waals surface area contributed by atoms with Crippen molar-refractivity contribution in [1.82, 2.24) is 9.21 Å². The van der Waals surface area contributed by atoms with Gasteiger partial charge in [-0.25, -0.2) is 8.42 Å². The molecule has 1 aliphatic heterocycles. The van der Waals surface area contributed by atoms with Crippen LogP contribution in [0, 0.1) is 5.92 Å². The topological polar surface area (TPSA) is 90.4 Å². The van der Waals surface area contributed by atoms with Crippen LogP contribution in [0.3, 0.4) is 0 Å². The van der Waals surface area contributed by atoms with Crippen LogP contribution in [0.4, 0.5) is 5.69 Å². The predicted molar refractivity (Wildman–Crippen MR) is 133 cm³/mol. The first kappa shape index (κ1) is 26.3. The van der Waals surface area contributed by atoms with E-state index in [9.17, 15) is 18.3 Å². The van der Waals surface area contributed by atoms with E-state index in [0.717, 1.165) is 0 Å². The van der Waals surface area contributed by atoms with Gasteiger partial charge in [-0.1, -0.05) is 24.6 Å². The lowest BCUT2D eigenvalue weighted by molar-refractivity contribution is 0.0388. The molecule has 10 heteroatoms. The number of benzene rings is 2. The highest BCUT2D eigenvalue weighted by molar-refractivity contribution is 7.89. The summed E-state index contributed by atoms with van der Waals surface area (Å²) in [7, 11) is 1.43. The Hall–Kier alpha value is -2.33. The Labute approximate surface area is 206 Å². The summed E-state index contributed by atoms with van der Waals surface area (Å²) in [6.45, 7) is 3.90. The van der Waals surface area contributed by atoms with Crippen molar-refractivity contribution in [2.24, 2.45) is 5.92 Å².